The minimum absolute atomic E-state index is 0.119. The summed E-state index contributed by atoms with van der Waals surface area (Å²) in [5.74, 6) is -1.83. The number of hydrogen-bond donors (Lipinski definition) is 1. The molecule has 1 saturated heterocycles. The number of aryl methyl sites for hydroxylation is 2. The molecule has 0 aliphatic carbocycles. The number of aromatic nitrogens is 1. The molecule has 1 unspecified atom stereocenters. The topological polar surface area (TPSA) is 119 Å². The van der Waals surface area contributed by atoms with Crippen molar-refractivity contribution in [3.8, 4) is 5.75 Å². The minimum atomic E-state index is -1.07. The Balaban J connectivity index is 1.87. The fourth-order valence-electron chi connectivity index (χ4n) is 3.80. The van der Waals surface area contributed by atoms with E-state index in [9.17, 15) is 19.5 Å². The average Bonchev–Trinajstić information content (AvgIpc) is 3.52. The molecule has 34 heavy (non-hydrogen) atoms. The number of rotatable bonds is 6. The Hall–Kier alpha value is -3.92. The molecule has 0 spiro atoms. The molecule has 1 N–H and O–H groups in total. The summed E-state index contributed by atoms with van der Waals surface area (Å²) in [6.45, 7) is 5.29. The van der Waals surface area contributed by atoms with Crippen molar-refractivity contribution >= 4 is 39.9 Å². The van der Waals surface area contributed by atoms with Crippen LogP contribution in [0, 0.1) is 13.8 Å². The second-order valence-corrected chi connectivity index (χ2v) is 8.48. The lowest BCUT2D eigenvalue weighted by molar-refractivity contribution is -0.132. The Morgan fingerprint density at radius 1 is 1.26 bits per heavy atom. The van der Waals surface area contributed by atoms with Crippen molar-refractivity contribution in [3.63, 3.8) is 0 Å². The highest BCUT2D eigenvalue weighted by molar-refractivity contribution is 7.17. The van der Waals surface area contributed by atoms with Crippen LogP contribution in [0.2, 0.25) is 0 Å². The number of aliphatic hydroxyl groups excluding tert-OH is 1. The number of furan rings is 1. The van der Waals surface area contributed by atoms with Gasteiger partial charge in [0.25, 0.3) is 5.78 Å². The molecule has 0 radical (unpaired) electrons. The highest BCUT2D eigenvalue weighted by atomic mass is 32.1. The first-order chi connectivity index (χ1) is 16.3. The Kier molecular flexibility index (Phi) is 6.25. The van der Waals surface area contributed by atoms with Gasteiger partial charge in [-0.05, 0) is 56.7 Å². The number of ketones is 1. The maximum Gasteiger partial charge on any atom is 0.350 e. The maximum absolute atomic E-state index is 13.2. The number of Topliss-reactive ketones (excluding diaryl/α,β-unsaturated/α-hetero) is 1. The summed E-state index contributed by atoms with van der Waals surface area (Å²) < 4.78 is 15.9. The standard InChI is InChI=1S/C24H22N2O7S/c1-5-32-23(30)21-13(3)25-24(34-21)26-18(16-7-6-10-33-16)17(20(28)22(26)29)19(27)14-8-9-15(31-4)12(2)11-14/h6-11,18,27H,5H2,1-4H3. The second-order valence-electron chi connectivity index (χ2n) is 7.50. The average molecular weight is 483 g/mol. The summed E-state index contributed by atoms with van der Waals surface area (Å²) in [7, 11) is 1.53. The van der Waals surface area contributed by atoms with Crippen LogP contribution in [0.5, 0.6) is 5.75 Å². The highest BCUT2D eigenvalue weighted by Gasteiger charge is 2.49. The fraction of sp³-hybridized carbons (Fsp3) is 0.250. The molecule has 3 aromatic rings. The van der Waals surface area contributed by atoms with Crippen LogP contribution in [0.3, 0.4) is 0 Å². The molecule has 0 bridgehead atoms. The monoisotopic (exact) mass is 482 g/mol. The molecule has 0 saturated carbocycles. The summed E-state index contributed by atoms with van der Waals surface area (Å²) in [5, 5.41) is 11.3. The normalized spacial score (nSPS) is 17.3. The van der Waals surface area contributed by atoms with Gasteiger partial charge in [-0.1, -0.05) is 11.3 Å². The van der Waals surface area contributed by atoms with Crippen LogP contribution in [0.25, 0.3) is 5.76 Å². The number of aliphatic hydroxyl groups is 1. The van der Waals surface area contributed by atoms with Gasteiger partial charge in [-0.25, -0.2) is 9.78 Å². The third kappa shape index (κ3) is 3.86. The van der Waals surface area contributed by atoms with Gasteiger partial charge >= 0.3 is 11.9 Å². The number of benzene rings is 1. The number of anilines is 1. The van der Waals surface area contributed by atoms with Gasteiger partial charge in [0.15, 0.2) is 5.13 Å². The van der Waals surface area contributed by atoms with Gasteiger partial charge in [0.2, 0.25) is 0 Å². The van der Waals surface area contributed by atoms with Crippen LogP contribution in [-0.2, 0) is 14.3 Å². The summed E-state index contributed by atoms with van der Waals surface area (Å²) in [6, 6.07) is 7.07. The van der Waals surface area contributed by atoms with Gasteiger partial charge in [0.1, 0.15) is 28.2 Å². The van der Waals surface area contributed by atoms with Gasteiger partial charge in [0.05, 0.1) is 31.2 Å². The summed E-state index contributed by atoms with van der Waals surface area (Å²) in [5.41, 5.74) is 1.31. The van der Waals surface area contributed by atoms with Crippen molar-refractivity contribution < 1.29 is 33.4 Å². The van der Waals surface area contributed by atoms with Crippen molar-refractivity contribution in [1.82, 2.24) is 4.98 Å². The summed E-state index contributed by atoms with van der Waals surface area (Å²) >= 11 is 0.933. The van der Waals surface area contributed by atoms with Crippen LogP contribution in [-0.4, -0.2) is 41.5 Å². The van der Waals surface area contributed by atoms with Crippen molar-refractivity contribution in [1.29, 1.82) is 0 Å². The van der Waals surface area contributed by atoms with E-state index in [1.54, 1.807) is 51.1 Å². The second kappa shape index (κ2) is 9.14. The van der Waals surface area contributed by atoms with Gasteiger partial charge in [-0.2, -0.15) is 0 Å². The van der Waals surface area contributed by atoms with Crippen LogP contribution >= 0.6 is 11.3 Å². The van der Waals surface area contributed by atoms with Crippen LogP contribution in [0.15, 0.2) is 46.6 Å². The van der Waals surface area contributed by atoms with E-state index in [0.29, 0.717) is 17.0 Å². The van der Waals surface area contributed by atoms with E-state index < -0.39 is 23.7 Å². The van der Waals surface area contributed by atoms with E-state index in [2.05, 4.69) is 4.98 Å². The van der Waals surface area contributed by atoms with E-state index in [1.165, 1.54) is 13.4 Å². The van der Waals surface area contributed by atoms with Crippen LogP contribution in [0.1, 0.15) is 45.2 Å². The molecule has 1 atom stereocenters. The Morgan fingerprint density at radius 3 is 2.65 bits per heavy atom. The molecular weight excluding hydrogens is 460 g/mol. The highest BCUT2D eigenvalue weighted by Crippen LogP contribution is 2.44. The van der Waals surface area contributed by atoms with Crippen LogP contribution < -0.4 is 9.64 Å². The number of nitrogens with zero attached hydrogens (tertiary/aromatic N) is 2. The summed E-state index contributed by atoms with van der Waals surface area (Å²) in [6.07, 6.45) is 1.41. The zero-order valence-corrected chi connectivity index (χ0v) is 19.8. The van der Waals surface area contributed by atoms with Crippen molar-refractivity contribution in [2.75, 3.05) is 18.6 Å². The molecular formula is C24H22N2O7S. The molecule has 2 aromatic heterocycles. The lowest BCUT2D eigenvalue weighted by atomic mass is 9.98. The molecule has 1 aromatic carbocycles. The van der Waals surface area contributed by atoms with Crippen molar-refractivity contribution in [2.24, 2.45) is 0 Å². The Morgan fingerprint density at radius 2 is 2.03 bits per heavy atom. The molecule has 9 nitrogen and oxygen atoms in total. The number of ether oxygens (including phenoxy) is 2. The smallest absolute Gasteiger partial charge is 0.350 e. The predicted octanol–water partition coefficient (Wildman–Crippen LogP) is 4.16. The number of thiazole rings is 1. The lowest BCUT2D eigenvalue weighted by Gasteiger charge is -2.20. The quantitative estimate of drug-likeness (QED) is 0.241. The van der Waals surface area contributed by atoms with E-state index >= 15 is 0 Å². The molecule has 1 amide bonds. The number of amides is 1. The van der Waals surface area contributed by atoms with Crippen LogP contribution in [0.4, 0.5) is 5.13 Å². The third-order valence-corrected chi connectivity index (χ3v) is 6.51. The number of carbonyl (C=O) groups is 3. The maximum atomic E-state index is 13.2. The molecule has 3 heterocycles. The van der Waals surface area contributed by atoms with E-state index in [1.807, 2.05) is 0 Å². The third-order valence-electron chi connectivity index (χ3n) is 5.38. The van der Waals surface area contributed by atoms with E-state index in [4.69, 9.17) is 13.9 Å². The number of methoxy groups -OCH3 is 1. The Labute approximate surface area is 199 Å². The SMILES string of the molecule is CCOC(=O)c1sc(N2C(=O)C(=O)C(=C(O)c3ccc(OC)c(C)c3)C2c2ccco2)nc1C. The van der Waals surface area contributed by atoms with Gasteiger partial charge in [-0.3, -0.25) is 14.5 Å². The van der Waals surface area contributed by atoms with E-state index in [-0.39, 0.29) is 33.7 Å². The minimum Gasteiger partial charge on any atom is -0.507 e. The molecule has 176 valence electrons. The fourth-order valence-corrected chi connectivity index (χ4v) is 4.79. The molecule has 10 heteroatoms. The first-order valence-electron chi connectivity index (χ1n) is 10.4. The number of carbonyl (C=O) groups excluding carboxylic acids is 3. The van der Waals surface area contributed by atoms with Crippen molar-refractivity contribution in [3.05, 3.63) is 69.6 Å². The van der Waals surface area contributed by atoms with Crippen molar-refractivity contribution in [2.45, 2.75) is 26.8 Å². The zero-order chi connectivity index (χ0) is 24.6. The number of esters is 1. The zero-order valence-electron chi connectivity index (χ0n) is 18.9. The number of hydrogen-bond acceptors (Lipinski definition) is 9. The Bertz CT molecular complexity index is 1310. The lowest BCUT2D eigenvalue weighted by Crippen LogP contribution is -2.29. The van der Waals surface area contributed by atoms with Gasteiger partial charge < -0.3 is 19.0 Å². The van der Waals surface area contributed by atoms with E-state index in [0.717, 1.165) is 21.8 Å². The molecule has 1 fully saturated rings. The largest absolute Gasteiger partial charge is 0.507 e. The van der Waals surface area contributed by atoms with Gasteiger partial charge in [0, 0.05) is 5.56 Å². The first-order valence-corrected chi connectivity index (χ1v) is 11.2. The van der Waals surface area contributed by atoms with Gasteiger partial charge in [-0.15, -0.1) is 0 Å². The molecule has 4 rings (SSSR count). The predicted molar refractivity (Wildman–Crippen MR) is 124 cm³/mol. The molecule has 1 aliphatic heterocycles. The summed E-state index contributed by atoms with van der Waals surface area (Å²) in [4.78, 5) is 44.3. The first kappa shape index (κ1) is 23.2. The molecule has 1 aliphatic rings.